The fourth-order valence-corrected chi connectivity index (χ4v) is 2.93. The summed E-state index contributed by atoms with van der Waals surface area (Å²) in [6, 6.07) is 0.526. The minimum Gasteiger partial charge on any atom is -0.341 e. The van der Waals surface area contributed by atoms with Gasteiger partial charge in [0.15, 0.2) is 0 Å². The van der Waals surface area contributed by atoms with Gasteiger partial charge in [-0.2, -0.15) is 0 Å². The van der Waals surface area contributed by atoms with Gasteiger partial charge in [-0.05, 0) is 37.6 Å². The number of likely N-dealkylation sites (tertiary alicyclic amines) is 1. The number of hydrogen-bond acceptors (Lipinski definition) is 2. The molecule has 0 radical (unpaired) electrons. The van der Waals surface area contributed by atoms with Gasteiger partial charge in [0.05, 0.1) is 0 Å². The molecule has 98 valence electrons. The fraction of sp³-hybridized carbons (Fsp3) is 0.929. The van der Waals surface area contributed by atoms with Gasteiger partial charge in [-0.25, -0.2) is 0 Å². The second-order valence-electron chi connectivity index (χ2n) is 5.84. The molecule has 0 aromatic rings. The second kappa shape index (κ2) is 5.85. The molecule has 2 atom stereocenters. The van der Waals surface area contributed by atoms with Crippen LogP contribution in [0.3, 0.4) is 0 Å². The van der Waals surface area contributed by atoms with Crippen LogP contribution in [0.1, 0.15) is 46.0 Å². The van der Waals surface area contributed by atoms with Gasteiger partial charge in [0.25, 0.3) is 0 Å². The Balaban J connectivity index is 1.80. The van der Waals surface area contributed by atoms with E-state index in [1.807, 2.05) is 4.90 Å². The van der Waals surface area contributed by atoms with Crippen molar-refractivity contribution in [1.82, 2.24) is 10.2 Å². The predicted octanol–water partition coefficient (Wildman–Crippen LogP) is 2.02. The zero-order chi connectivity index (χ0) is 12.3. The van der Waals surface area contributed by atoms with E-state index in [0.29, 0.717) is 12.0 Å². The average molecular weight is 238 g/mol. The fourth-order valence-electron chi connectivity index (χ4n) is 2.93. The monoisotopic (exact) mass is 238 g/mol. The number of rotatable bonds is 4. The molecule has 1 aliphatic heterocycles. The van der Waals surface area contributed by atoms with Gasteiger partial charge in [0, 0.05) is 26.1 Å². The van der Waals surface area contributed by atoms with Gasteiger partial charge in [0.1, 0.15) is 0 Å². The van der Waals surface area contributed by atoms with E-state index in [2.05, 4.69) is 12.2 Å². The number of nitrogens with one attached hydrogen (secondary N) is 1. The van der Waals surface area contributed by atoms with Crippen LogP contribution in [0.25, 0.3) is 0 Å². The summed E-state index contributed by atoms with van der Waals surface area (Å²) in [6.07, 6.45) is 6.63. The van der Waals surface area contributed by atoms with Crippen molar-refractivity contribution in [2.75, 3.05) is 19.6 Å². The summed E-state index contributed by atoms with van der Waals surface area (Å²) in [7, 11) is 0. The van der Waals surface area contributed by atoms with Crippen molar-refractivity contribution >= 4 is 5.91 Å². The van der Waals surface area contributed by atoms with Crippen LogP contribution >= 0.6 is 0 Å². The van der Waals surface area contributed by atoms with Crippen molar-refractivity contribution in [1.29, 1.82) is 0 Å². The Hall–Kier alpha value is -0.570. The third-order valence-corrected chi connectivity index (χ3v) is 4.48. The van der Waals surface area contributed by atoms with Gasteiger partial charge in [-0.3, -0.25) is 4.79 Å². The highest BCUT2D eigenvalue weighted by molar-refractivity contribution is 5.73. The number of amides is 1. The van der Waals surface area contributed by atoms with Gasteiger partial charge in [-0.1, -0.05) is 19.8 Å². The summed E-state index contributed by atoms with van der Waals surface area (Å²) in [4.78, 5) is 13.5. The highest BCUT2D eigenvalue weighted by Gasteiger charge is 2.28. The number of nitrogens with zero attached hydrogens (tertiary/aromatic N) is 1. The minimum absolute atomic E-state index is 0.235. The lowest BCUT2D eigenvalue weighted by Crippen LogP contribution is -2.51. The maximum atomic E-state index is 11.5. The second-order valence-corrected chi connectivity index (χ2v) is 5.84. The van der Waals surface area contributed by atoms with Crippen LogP contribution < -0.4 is 5.32 Å². The van der Waals surface area contributed by atoms with Gasteiger partial charge >= 0.3 is 0 Å². The van der Waals surface area contributed by atoms with Crippen LogP contribution in [0.2, 0.25) is 0 Å². The lowest BCUT2D eigenvalue weighted by Gasteiger charge is -2.38. The molecule has 0 spiro atoms. The molecule has 3 heteroatoms. The summed E-state index contributed by atoms with van der Waals surface area (Å²) in [5, 5.41) is 3.68. The summed E-state index contributed by atoms with van der Waals surface area (Å²) < 4.78 is 0. The smallest absolute Gasteiger partial charge is 0.219 e. The summed E-state index contributed by atoms with van der Waals surface area (Å²) >= 11 is 0. The number of carbonyl (C=O) groups excluding carboxylic acids is 1. The highest BCUT2D eigenvalue weighted by atomic mass is 16.2. The zero-order valence-electron chi connectivity index (χ0n) is 11.2. The molecule has 0 bridgehead atoms. The maximum absolute atomic E-state index is 11.5. The Kier molecular flexibility index (Phi) is 4.43. The highest BCUT2D eigenvalue weighted by Crippen LogP contribution is 2.26. The zero-order valence-corrected chi connectivity index (χ0v) is 11.2. The van der Waals surface area contributed by atoms with E-state index >= 15 is 0 Å². The normalized spacial score (nSPS) is 30.1. The predicted molar refractivity (Wildman–Crippen MR) is 69.8 cm³/mol. The standard InChI is InChI=1S/C14H26N2O/c1-3-12-7-14(10-16(9-12)11(2)17)15-8-13-5-4-6-13/h12-15H,3-10H2,1-2H3. The van der Waals surface area contributed by atoms with Crippen LogP contribution in [-0.4, -0.2) is 36.5 Å². The van der Waals surface area contributed by atoms with Crippen LogP contribution in [0.15, 0.2) is 0 Å². The van der Waals surface area contributed by atoms with E-state index in [1.54, 1.807) is 6.92 Å². The first kappa shape index (κ1) is 12.9. The van der Waals surface area contributed by atoms with E-state index < -0.39 is 0 Å². The molecule has 1 amide bonds. The third kappa shape index (κ3) is 3.44. The van der Waals surface area contributed by atoms with Gasteiger partial charge < -0.3 is 10.2 Å². The maximum Gasteiger partial charge on any atom is 0.219 e. The van der Waals surface area contributed by atoms with Crippen molar-refractivity contribution < 1.29 is 4.79 Å². The molecule has 2 rings (SSSR count). The van der Waals surface area contributed by atoms with Crippen molar-refractivity contribution in [2.45, 2.75) is 52.0 Å². The first-order chi connectivity index (χ1) is 8.19. The van der Waals surface area contributed by atoms with E-state index in [0.717, 1.165) is 25.6 Å². The van der Waals surface area contributed by atoms with Crippen molar-refractivity contribution in [2.24, 2.45) is 11.8 Å². The Morgan fingerprint density at radius 2 is 2.06 bits per heavy atom. The molecule has 2 fully saturated rings. The Morgan fingerprint density at radius 3 is 2.59 bits per heavy atom. The van der Waals surface area contributed by atoms with Crippen LogP contribution in [0.4, 0.5) is 0 Å². The molecular weight excluding hydrogens is 212 g/mol. The van der Waals surface area contributed by atoms with Gasteiger partial charge in [-0.15, -0.1) is 0 Å². The molecule has 0 aromatic carbocycles. The minimum atomic E-state index is 0.235. The van der Waals surface area contributed by atoms with Crippen molar-refractivity contribution in [3.63, 3.8) is 0 Å². The van der Waals surface area contributed by atoms with Gasteiger partial charge in [0.2, 0.25) is 5.91 Å². The van der Waals surface area contributed by atoms with Crippen LogP contribution in [0, 0.1) is 11.8 Å². The summed E-state index contributed by atoms with van der Waals surface area (Å²) in [5.74, 6) is 1.83. The Bertz CT molecular complexity index is 263. The first-order valence-corrected chi connectivity index (χ1v) is 7.18. The molecule has 1 heterocycles. The van der Waals surface area contributed by atoms with E-state index in [4.69, 9.17) is 0 Å². The molecule has 1 aliphatic carbocycles. The molecule has 3 nitrogen and oxygen atoms in total. The van der Waals surface area contributed by atoms with Crippen molar-refractivity contribution in [3.05, 3.63) is 0 Å². The lowest BCUT2D eigenvalue weighted by atomic mass is 9.85. The SMILES string of the molecule is CCC1CC(NCC2CCC2)CN(C(C)=O)C1. The Labute approximate surface area is 105 Å². The quantitative estimate of drug-likeness (QED) is 0.812. The third-order valence-electron chi connectivity index (χ3n) is 4.48. The first-order valence-electron chi connectivity index (χ1n) is 7.18. The number of piperidine rings is 1. The molecule has 1 saturated heterocycles. The Morgan fingerprint density at radius 1 is 1.29 bits per heavy atom. The molecular formula is C14H26N2O. The molecule has 0 aromatic heterocycles. The summed E-state index contributed by atoms with van der Waals surface area (Å²) in [5.41, 5.74) is 0. The topological polar surface area (TPSA) is 32.3 Å². The van der Waals surface area contributed by atoms with E-state index in [9.17, 15) is 4.79 Å². The number of carbonyl (C=O) groups is 1. The molecule has 2 aliphatic rings. The molecule has 1 saturated carbocycles. The summed E-state index contributed by atoms with van der Waals surface area (Å²) in [6.45, 7) is 6.97. The number of hydrogen-bond donors (Lipinski definition) is 1. The molecule has 1 N–H and O–H groups in total. The average Bonchev–Trinajstić information content (AvgIpc) is 2.26. The van der Waals surface area contributed by atoms with Crippen molar-refractivity contribution in [3.8, 4) is 0 Å². The molecule has 2 unspecified atom stereocenters. The van der Waals surface area contributed by atoms with E-state index in [-0.39, 0.29) is 5.91 Å². The largest absolute Gasteiger partial charge is 0.341 e. The molecule has 17 heavy (non-hydrogen) atoms. The van der Waals surface area contributed by atoms with E-state index in [1.165, 1.54) is 32.1 Å². The van der Waals surface area contributed by atoms with Crippen LogP contribution in [0.5, 0.6) is 0 Å². The lowest BCUT2D eigenvalue weighted by molar-refractivity contribution is -0.131. The van der Waals surface area contributed by atoms with Crippen LogP contribution in [-0.2, 0) is 4.79 Å².